The van der Waals surface area contributed by atoms with Crippen molar-refractivity contribution in [1.82, 2.24) is 4.98 Å². The van der Waals surface area contributed by atoms with Gasteiger partial charge in [0, 0.05) is 6.20 Å². The number of rotatable bonds is 1. The van der Waals surface area contributed by atoms with Gasteiger partial charge in [0.05, 0.1) is 12.5 Å². The molecule has 5 nitrogen and oxygen atoms in total. The third-order valence-electron chi connectivity index (χ3n) is 1.75. The van der Waals surface area contributed by atoms with Crippen LogP contribution in [0, 0.1) is 0 Å². The molecule has 0 radical (unpaired) electrons. The van der Waals surface area contributed by atoms with Crippen LogP contribution in [0.1, 0.15) is 10.5 Å². The molecule has 0 bridgehead atoms. The minimum absolute atomic E-state index is 0.237. The number of fused-ring (bicyclic) bond motifs is 1. The Hall–Kier alpha value is -1.78. The summed E-state index contributed by atoms with van der Waals surface area (Å²) in [6.07, 6.45) is 1.52. The molecule has 66 valence electrons. The Kier molecular flexibility index (Phi) is 1.77. The number of nitrogens with zero attached hydrogens (tertiary/aromatic N) is 3. The molecule has 0 amide bonds. The first-order valence-electron chi connectivity index (χ1n) is 3.75. The van der Waals surface area contributed by atoms with E-state index in [0.717, 1.165) is 0 Å². The molecule has 1 aliphatic rings. The normalized spacial score (nSPS) is 12.7. The highest BCUT2D eigenvalue weighted by Gasteiger charge is 2.12. The lowest BCUT2D eigenvalue weighted by Crippen LogP contribution is -2.30. The summed E-state index contributed by atoms with van der Waals surface area (Å²) in [5.74, 6) is -0.474. The molecule has 0 spiro atoms. The van der Waals surface area contributed by atoms with Crippen molar-refractivity contribution in [2.45, 2.75) is 0 Å². The second-order valence-electron chi connectivity index (χ2n) is 2.48. The quantitative estimate of drug-likeness (QED) is 0.521. The van der Waals surface area contributed by atoms with Crippen LogP contribution in [-0.4, -0.2) is 24.7 Å². The fourth-order valence-electron chi connectivity index (χ4n) is 1.16. The smallest absolute Gasteiger partial charge is 0.358 e. The molecule has 0 aromatic carbocycles. The third kappa shape index (κ3) is 1.18. The SMILES string of the molecule is COC(=O)c1nccc2c1=NCN=2. The molecule has 1 aliphatic heterocycles. The highest BCUT2D eigenvalue weighted by Crippen LogP contribution is 1.88. The summed E-state index contributed by atoms with van der Waals surface area (Å²) in [4.78, 5) is 23.2. The molecule has 1 aromatic rings. The lowest BCUT2D eigenvalue weighted by Gasteiger charge is -1.95. The fraction of sp³-hybridized carbons (Fsp3) is 0.250. The largest absolute Gasteiger partial charge is 0.464 e. The molecule has 0 saturated carbocycles. The minimum Gasteiger partial charge on any atom is -0.464 e. The van der Waals surface area contributed by atoms with Gasteiger partial charge in [-0.25, -0.2) is 9.78 Å². The molecule has 2 heterocycles. The van der Waals surface area contributed by atoms with Crippen molar-refractivity contribution in [3.63, 3.8) is 0 Å². The second kappa shape index (κ2) is 2.93. The van der Waals surface area contributed by atoms with Gasteiger partial charge in [-0.05, 0) is 6.07 Å². The van der Waals surface area contributed by atoms with Gasteiger partial charge in [-0.15, -0.1) is 0 Å². The Balaban J connectivity index is 2.69. The molecule has 0 unspecified atom stereocenters. The topological polar surface area (TPSA) is 63.9 Å². The van der Waals surface area contributed by atoms with Gasteiger partial charge < -0.3 is 4.74 Å². The van der Waals surface area contributed by atoms with Crippen LogP contribution >= 0.6 is 0 Å². The van der Waals surface area contributed by atoms with E-state index in [4.69, 9.17) is 0 Å². The van der Waals surface area contributed by atoms with E-state index in [1.54, 1.807) is 6.07 Å². The number of carbonyl (C=O) groups is 1. The summed E-state index contributed by atoms with van der Waals surface area (Å²) < 4.78 is 4.56. The van der Waals surface area contributed by atoms with Crippen molar-refractivity contribution < 1.29 is 9.53 Å². The number of pyridine rings is 1. The highest BCUT2D eigenvalue weighted by molar-refractivity contribution is 5.86. The molecule has 5 heteroatoms. The van der Waals surface area contributed by atoms with Crippen molar-refractivity contribution in [1.29, 1.82) is 0 Å². The van der Waals surface area contributed by atoms with Crippen LogP contribution < -0.4 is 10.7 Å². The van der Waals surface area contributed by atoms with E-state index in [0.29, 0.717) is 17.4 Å². The monoisotopic (exact) mass is 177 g/mol. The average Bonchev–Trinajstić information content (AvgIpc) is 2.63. The Morgan fingerprint density at radius 2 is 2.38 bits per heavy atom. The van der Waals surface area contributed by atoms with Crippen LogP contribution in [0.3, 0.4) is 0 Å². The van der Waals surface area contributed by atoms with E-state index in [9.17, 15) is 4.79 Å². The van der Waals surface area contributed by atoms with Gasteiger partial charge in [0.15, 0.2) is 5.69 Å². The van der Waals surface area contributed by atoms with Gasteiger partial charge in [0.1, 0.15) is 12.0 Å². The van der Waals surface area contributed by atoms with Crippen molar-refractivity contribution in [3.05, 3.63) is 28.7 Å². The Bertz CT molecular complexity index is 467. The first-order chi connectivity index (χ1) is 6.33. The zero-order valence-corrected chi connectivity index (χ0v) is 7.02. The summed E-state index contributed by atoms with van der Waals surface area (Å²) in [6.45, 7) is 0.366. The van der Waals surface area contributed by atoms with Gasteiger partial charge in [0.25, 0.3) is 0 Å². The molecule has 0 atom stereocenters. The van der Waals surface area contributed by atoms with E-state index in [2.05, 4.69) is 19.7 Å². The van der Waals surface area contributed by atoms with E-state index < -0.39 is 5.97 Å². The van der Waals surface area contributed by atoms with Crippen LogP contribution in [-0.2, 0) is 4.74 Å². The second-order valence-corrected chi connectivity index (χ2v) is 2.48. The van der Waals surface area contributed by atoms with Crippen molar-refractivity contribution in [3.8, 4) is 0 Å². The predicted molar refractivity (Wildman–Crippen MR) is 42.8 cm³/mol. The first kappa shape index (κ1) is 7.85. The molecule has 0 N–H and O–H groups in total. The molecule has 0 saturated heterocycles. The van der Waals surface area contributed by atoms with E-state index in [1.165, 1.54) is 13.3 Å². The zero-order valence-electron chi connectivity index (χ0n) is 7.02. The average molecular weight is 177 g/mol. The summed E-state index contributed by atoms with van der Waals surface area (Å²) in [5.41, 5.74) is 0.237. The standard InChI is InChI=1S/C8H7N3O2/c1-13-8(12)7-6-5(2-3-9-7)10-4-11-6/h2-3H,4H2,1H3. The van der Waals surface area contributed by atoms with Crippen molar-refractivity contribution in [2.75, 3.05) is 13.8 Å². The maximum Gasteiger partial charge on any atom is 0.358 e. The number of methoxy groups -OCH3 is 1. The predicted octanol–water partition coefficient (Wildman–Crippen LogP) is -0.921. The molecule has 2 rings (SSSR count). The molecular formula is C8H7N3O2. The van der Waals surface area contributed by atoms with E-state index >= 15 is 0 Å². The zero-order chi connectivity index (χ0) is 9.26. The third-order valence-corrected chi connectivity index (χ3v) is 1.75. The lowest BCUT2D eigenvalue weighted by atomic mass is 10.3. The lowest BCUT2D eigenvalue weighted by molar-refractivity contribution is 0.0592. The maximum atomic E-state index is 11.2. The Morgan fingerprint density at radius 3 is 3.15 bits per heavy atom. The fourth-order valence-corrected chi connectivity index (χ4v) is 1.16. The van der Waals surface area contributed by atoms with Crippen LogP contribution in [0.25, 0.3) is 0 Å². The van der Waals surface area contributed by atoms with Crippen LogP contribution in [0.4, 0.5) is 0 Å². The summed E-state index contributed by atoms with van der Waals surface area (Å²) in [6, 6.07) is 1.72. The molecular weight excluding hydrogens is 170 g/mol. The maximum absolute atomic E-state index is 11.2. The van der Waals surface area contributed by atoms with E-state index in [1.807, 2.05) is 0 Å². The van der Waals surface area contributed by atoms with Crippen LogP contribution in [0.15, 0.2) is 22.2 Å². The van der Waals surface area contributed by atoms with Gasteiger partial charge >= 0.3 is 5.97 Å². The summed E-state index contributed by atoms with van der Waals surface area (Å²) in [5, 5.41) is 1.24. The summed E-state index contributed by atoms with van der Waals surface area (Å²) >= 11 is 0. The number of ether oxygens (including phenoxy) is 1. The highest BCUT2D eigenvalue weighted by atomic mass is 16.5. The molecule has 0 aliphatic carbocycles. The first-order valence-corrected chi connectivity index (χ1v) is 3.75. The Labute approximate surface area is 73.8 Å². The van der Waals surface area contributed by atoms with Crippen LogP contribution in [0.5, 0.6) is 0 Å². The molecule has 13 heavy (non-hydrogen) atoms. The minimum atomic E-state index is -0.474. The van der Waals surface area contributed by atoms with Gasteiger partial charge in [-0.1, -0.05) is 0 Å². The molecule has 0 fully saturated rings. The van der Waals surface area contributed by atoms with Crippen LogP contribution in [0.2, 0.25) is 0 Å². The van der Waals surface area contributed by atoms with Crippen molar-refractivity contribution in [2.24, 2.45) is 9.98 Å². The van der Waals surface area contributed by atoms with Gasteiger partial charge in [-0.3, -0.25) is 9.98 Å². The number of carbonyl (C=O) groups excluding carboxylic acids is 1. The summed E-state index contributed by atoms with van der Waals surface area (Å²) in [7, 11) is 1.31. The molecule has 1 aromatic heterocycles. The van der Waals surface area contributed by atoms with Gasteiger partial charge in [-0.2, -0.15) is 0 Å². The number of hydrogen-bond donors (Lipinski definition) is 0. The number of hydrogen-bond acceptors (Lipinski definition) is 5. The Morgan fingerprint density at radius 1 is 1.54 bits per heavy atom. The number of esters is 1. The van der Waals surface area contributed by atoms with Crippen molar-refractivity contribution >= 4 is 5.97 Å². The van der Waals surface area contributed by atoms with Gasteiger partial charge in [0.2, 0.25) is 0 Å². The number of aromatic nitrogens is 1. The van der Waals surface area contributed by atoms with E-state index in [-0.39, 0.29) is 5.69 Å².